The van der Waals surface area contributed by atoms with Crippen molar-refractivity contribution < 1.29 is 14.3 Å². The summed E-state index contributed by atoms with van der Waals surface area (Å²) in [4.78, 5) is 28.5. The molecule has 0 unspecified atom stereocenters. The Balaban J connectivity index is 1.61. The number of carbonyl (C=O) groups excluding carboxylic acids is 2. The van der Waals surface area contributed by atoms with E-state index in [2.05, 4.69) is 21.2 Å². The molecule has 1 aliphatic heterocycles. The van der Waals surface area contributed by atoms with Gasteiger partial charge in [0.15, 0.2) is 0 Å². The number of nitrogens with one attached hydrogen (secondary N) is 1. The lowest BCUT2D eigenvalue weighted by molar-refractivity contribution is -0.126. The smallest absolute Gasteiger partial charge is 0.255 e. The normalized spacial score (nSPS) is 19.5. The number of halogens is 1. The molecular formula is C25H29BrN2O3. The first kappa shape index (κ1) is 21.9. The predicted molar refractivity (Wildman–Crippen MR) is 124 cm³/mol. The minimum atomic E-state index is -0.627. The summed E-state index contributed by atoms with van der Waals surface area (Å²) < 4.78 is 6.41. The highest BCUT2D eigenvalue weighted by Crippen LogP contribution is 2.37. The molecule has 2 aliphatic rings. The van der Waals surface area contributed by atoms with Gasteiger partial charge in [0.2, 0.25) is 5.91 Å². The Bertz CT molecular complexity index is 954. The van der Waals surface area contributed by atoms with Crippen LogP contribution in [0.2, 0.25) is 0 Å². The Morgan fingerprint density at radius 1 is 1.10 bits per heavy atom. The summed E-state index contributed by atoms with van der Waals surface area (Å²) >= 11 is 3.50. The van der Waals surface area contributed by atoms with Crippen LogP contribution in [0.4, 0.5) is 0 Å². The largest absolute Gasteiger partial charge is 0.496 e. The summed E-state index contributed by atoms with van der Waals surface area (Å²) in [5.74, 6) is 0.499. The van der Waals surface area contributed by atoms with Gasteiger partial charge in [0.05, 0.1) is 13.7 Å². The lowest BCUT2D eigenvalue weighted by Crippen LogP contribution is -2.43. The molecule has 164 valence electrons. The number of hydrogen-bond donors (Lipinski definition) is 1. The van der Waals surface area contributed by atoms with E-state index in [4.69, 9.17) is 4.74 Å². The van der Waals surface area contributed by atoms with Crippen molar-refractivity contribution in [3.63, 3.8) is 0 Å². The fourth-order valence-electron chi connectivity index (χ4n) is 4.75. The third kappa shape index (κ3) is 4.79. The molecule has 1 saturated carbocycles. The Hall–Kier alpha value is -2.34. The summed E-state index contributed by atoms with van der Waals surface area (Å²) in [6.45, 7) is 0.304. The van der Waals surface area contributed by atoms with Crippen LogP contribution >= 0.6 is 15.9 Å². The molecule has 0 saturated heterocycles. The number of benzene rings is 2. The van der Waals surface area contributed by atoms with Crippen LogP contribution in [0, 0.1) is 0 Å². The van der Waals surface area contributed by atoms with Crippen molar-refractivity contribution in [3.05, 3.63) is 63.6 Å². The molecule has 1 aliphatic carbocycles. The number of ether oxygens (including phenoxy) is 1. The highest BCUT2D eigenvalue weighted by molar-refractivity contribution is 9.10. The lowest BCUT2D eigenvalue weighted by Gasteiger charge is -2.28. The molecule has 6 heteroatoms. The second-order valence-corrected chi connectivity index (χ2v) is 9.35. The third-order valence-electron chi connectivity index (χ3n) is 6.34. The minimum Gasteiger partial charge on any atom is -0.496 e. The molecule has 1 N–H and O–H groups in total. The van der Waals surface area contributed by atoms with Gasteiger partial charge in [-0.2, -0.15) is 0 Å². The first-order chi connectivity index (χ1) is 15.1. The van der Waals surface area contributed by atoms with Gasteiger partial charge in [-0.3, -0.25) is 9.59 Å². The topological polar surface area (TPSA) is 58.6 Å². The Labute approximate surface area is 192 Å². The van der Waals surface area contributed by atoms with Crippen LogP contribution in [-0.2, 0) is 11.3 Å². The van der Waals surface area contributed by atoms with Crippen LogP contribution in [0.3, 0.4) is 0 Å². The van der Waals surface area contributed by atoms with Gasteiger partial charge < -0.3 is 15.0 Å². The number of fused-ring (bicyclic) bond motifs is 1. The molecule has 31 heavy (non-hydrogen) atoms. The van der Waals surface area contributed by atoms with E-state index in [1.165, 1.54) is 19.3 Å². The van der Waals surface area contributed by atoms with Crippen LogP contribution in [-0.4, -0.2) is 29.9 Å². The molecule has 2 aromatic carbocycles. The number of amides is 2. The Morgan fingerprint density at radius 2 is 1.81 bits per heavy atom. The van der Waals surface area contributed by atoms with Crippen LogP contribution in [0.25, 0.3) is 0 Å². The van der Waals surface area contributed by atoms with Crippen molar-refractivity contribution in [2.24, 2.45) is 0 Å². The summed E-state index contributed by atoms with van der Waals surface area (Å²) in [6, 6.07) is 12.7. The number of nitrogens with zero attached hydrogens (tertiary/aromatic N) is 1. The van der Waals surface area contributed by atoms with Crippen molar-refractivity contribution in [3.8, 4) is 5.75 Å². The highest BCUT2D eigenvalue weighted by Gasteiger charge is 2.41. The average Bonchev–Trinajstić information content (AvgIpc) is 3.02. The molecule has 1 fully saturated rings. The van der Waals surface area contributed by atoms with Gasteiger partial charge in [-0.25, -0.2) is 0 Å². The van der Waals surface area contributed by atoms with Crippen LogP contribution < -0.4 is 10.1 Å². The van der Waals surface area contributed by atoms with Crippen molar-refractivity contribution in [2.45, 2.75) is 63.6 Å². The SMILES string of the molecule is COc1ccc(Br)cc1CN1C(=O)c2ccccc2[C@@H]1C(=O)NC1CCCCCCC1. The summed E-state index contributed by atoms with van der Waals surface area (Å²) in [6.07, 6.45) is 8.04. The van der Waals surface area contributed by atoms with E-state index in [0.717, 1.165) is 41.3 Å². The molecule has 5 nitrogen and oxygen atoms in total. The summed E-state index contributed by atoms with van der Waals surface area (Å²) in [7, 11) is 1.62. The van der Waals surface area contributed by atoms with E-state index in [0.29, 0.717) is 17.9 Å². The van der Waals surface area contributed by atoms with Gasteiger partial charge in [0, 0.05) is 21.6 Å². The molecule has 0 bridgehead atoms. The predicted octanol–water partition coefficient (Wildman–Crippen LogP) is 5.38. The van der Waals surface area contributed by atoms with Gasteiger partial charge >= 0.3 is 0 Å². The Morgan fingerprint density at radius 3 is 2.55 bits per heavy atom. The first-order valence-electron chi connectivity index (χ1n) is 11.1. The molecule has 2 aromatic rings. The van der Waals surface area contributed by atoms with Crippen molar-refractivity contribution >= 4 is 27.7 Å². The molecule has 0 radical (unpaired) electrons. The van der Waals surface area contributed by atoms with E-state index in [9.17, 15) is 9.59 Å². The van der Waals surface area contributed by atoms with E-state index < -0.39 is 6.04 Å². The lowest BCUT2D eigenvalue weighted by atomic mass is 9.96. The summed E-state index contributed by atoms with van der Waals surface area (Å²) in [5.41, 5.74) is 2.25. The zero-order valence-electron chi connectivity index (χ0n) is 17.9. The number of hydrogen-bond acceptors (Lipinski definition) is 3. The molecule has 4 rings (SSSR count). The van der Waals surface area contributed by atoms with Crippen molar-refractivity contribution in [1.29, 1.82) is 0 Å². The zero-order chi connectivity index (χ0) is 21.8. The minimum absolute atomic E-state index is 0.0853. The van der Waals surface area contributed by atoms with Crippen molar-refractivity contribution in [1.82, 2.24) is 10.2 Å². The molecule has 1 heterocycles. The first-order valence-corrected chi connectivity index (χ1v) is 11.9. The fraction of sp³-hybridized carbons (Fsp3) is 0.440. The maximum absolute atomic E-state index is 13.5. The van der Waals surface area contributed by atoms with Crippen LogP contribution in [0.1, 0.15) is 72.5 Å². The molecular weight excluding hydrogens is 456 g/mol. The second kappa shape index (κ2) is 9.86. The van der Waals surface area contributed by atoms with Gasteiger partial charge in [0.1, 0.15) is 11.8 Å². The molecule has 2 amide bonds. The van der Waals surface area contributed by atoms with Gasteiger partial charge in [-0.05, 0) is 42.7 Å². The van der Waals surface area contributed by atoms with E-state index >= 15 is 0 Å². The number of carbonyl (C=O) groups is 2. The van der Waals surface area contributed by atoms with Gasteiger partial charge in [-0.15, -0.1) is 0 Å². The van der Waals surface area contributed by atoms with Gasteiger partial charge in [0.25, 0.3) is 5.91 Å². The highest BCUT2D eigenvalue weighted by atomic mass is 79.9. The third-order valence-corrected chi connectivity index (χ3v) is 6.83. The maximum atomic E-state index is 13.5. The number of methoxy groups -OCH3 is 1. The van der Waals surface area contributed by atoms with E-state index in [1.807, 2.05) is 42.5 Å². The van der Waals surface area contributed by atoms with E-state index in [-0.39, 0.29) is 17.9 Å². The fourth-order valence-corrected chi connectivity index (χ4v) is 5.16. The average molecular weight is 485 g/mol. The summed E-state index contributed by atoms with van der Waals surface area (Å²) in [5, 5.41) is 3.27. The number of rotatable bonds is 5. The quantitative estimate of drug-likeness (QED) is 0.619. The molecule has 0 aromatic heterocycles. The van der Waals surface area contributed by atoms with Gasteiger partial charge in [-0.1, -0.05) is 66.2 Å². The second-order valence-electron chi connectivity index (χ2n) is 8.43. The van der Waals surface area contributed by atoms with Crippen molar-refractivity contribution in [2.75, 3.05) is 7.11 Å². The molecule has 1 atom stereocenters. The standard InChI is InChI=1S/C25H29BrN2O3/c1-31-22-14-13-18(26)15-17(22)16-28-23(20-11-7-8-12-21(20)25(28)30)24(29)27-19-9-5-3-2-4-6-10-19/h7-8,11-15,19,23H,2-6,9-10,16H2,1H3,(H,27,29)/t23-/m1/s1. The monoisotopic (exact) mass is 484 g/mol. The Kier molecular flexibility index (Phi) is 6.96. The molecule has 0 spiro atoms. The van der Waals surface area contributed by atoms with Crippen LogP contribution in [0.15, 0.2) is 46.9 Å². The van der Waals surface area contributed by atoms with Crippen LogP contribution in [0.5, 0.6) is 5.75 Å². The zero-order valence-corrected chi connectivity index (χ0v) is 19.5. The van der Waals surface area contributed by atoms with E-state index in [1.54, 1.807) is 12.0 Å². The maximum Gasteiger partial charge on any atom is 0.255 e.